The third kappa shape index (κ3) is 11.3. The number of amides is 2. The number of hydrogen-bond acceptors (Lipinski definition) is 6. The van der Waals surface area contributed by atoms with E-state index >= 15 is 0 Å². The second kappa shape index (κ2) is 11.6. The molecule has 0 saturated carbocycles. The number of urea groups is 1. The summed E-state index contributed by atoms with van der Waals surface area (Å²) in [5.41, 5.74) is 16.1. The zero-order valence-corrected chi connectivity index (χ0v) is 13.6. The topological polar surface area (TPSA) is 202 Å². The fourth-order valence-corrected chi connectivity index (χ4v) is 1.63. The van der Waals surface area contributed by atoms with Crippen LogP contribution in [0.3, 0.4) is 0 Å². The van der Waals surface area contributed by atoms with Crippen molar-refractivity contribution in [3.63, 3.8) is 0 Å². The summed E-state index contributed by atoms with van der Waals surface area (Å²) in [6, 6.07) is 3.95. The summed E-state index contributed by atoms with van der Waals surface area (Å²) >= 11 is 0. The Morgan fingerprint density at radius 1 is 1.00 bits per heavy atom. The predicted molar refractivity (Wildman–Crippen MR) is 89.9 cm³/mol. The Bertz CT molecular complexity index is 564. The van der Waals surface area contributed by atoms with Crippen LogP contribution in [0.1, 0.15) is 18.4 Å². The fraction of sp³-hybridized carbons (Fsp3) is 0.400. The summed E-state index contributed by atoms with van der Waals surface area (Å²) in [5.74, 6) is -1.89. The third-order valence-corrected chi connectivity index (χ3v) is 3.02. The minimum Gasteiger partial charge on any atom is -0.508 e. The number of phenols is 1. The van der Waals surface area contributed by atoms with Crippen LogP contribution in [0.25, 0.3) is 0 Å². The van der Waals surface area contributed by atoms with Crippen molar-refractivity contribution in [1.82, 2.24) is 5.32 Å². The largest absolute Gasteiger partial charge is 0.508 e. The molecular formula is C15H24N4O6. The van der Waals surface area contributed by atoms with Gasteiger partial charge in [-0.25, -0.2) is 4.79 Å². The van der Waals surface area contributed by atoms with Gasteiger partial charge in [-0.15, -0.1) is 0 Å². The molecule has 25 heavy (non-hydrogen) atoms. The summed E-state index contributed by atoms with van der Waals surface area (Å²) in [4.78, 5) is 30.7. The normalized spacial score (nSPS) is 12.2. The van der Waals surface area contributed by atoms with E-state index in [1.54, 1.807) is 12.1 Å². The number of rotatable bonds is 8. The van der Waals surface area contributed by atoms with Gasteiger partial charge in [0.1, 0.15) is 17.8 Å². The van der Waals surface area contributed by atoms with Crippen LogP contribution in [-0.4, -0.2) is 51.9 Å². The number of aliphatic carboxylic acids is 2. The van der Waals surface area contributed by atoms with Gasteiger partial charge in [0.25, 0.3) is 0 Å². The predicted octanol–water partition coefficient (Wildman–Crippen LogP) is -0.807. The van der Waals surface area contributed by atoms with Crippen LogP contribution in [0.2, 0.25) is 0 Å². The van der Waals surface area contributed by atoms with Gasteiger partial charge < -0.3 is 37.8 Å². The van der Waals surface area contributed by atoms with Crippen LogP contribution in [0, 0.1) is 0 Å². The highest BCUT2D eigenvalue weighted by Crippen LogP contribution is 2.10. The maximum absolute atomic E-state index is 10.4. The second-order valence-electron chi connectivity index (χ2n) is 5.19. The molecule has 2 atom stereocenters. The van der Waals surface area contributed by atoms with Gasteiger partial charge in [0.05, 0.1) is 0 Å². The zero-order valence-electron chi connectivity index (χ0n) is 13.6. The number of carbonyl (C=O) groups is 3. The minimum atomic E-state index is -1.03. The van der Waals surface area contributed by atoms with Crippen molar-refractivity contribution < 1.29 is 29.7 Å². The third-order valence-electron chi connectivity index (χ3n) is 3.02. The maximum atomic E-state index is 10.4. The molecule has 0 saturated heterocycles. The molecule has 0 aliphatic carbocycles. The van der Waals surface area contributed by atoms with Crippen molar-refractivity contribution in [2.24, 2.45) is 17.2 Å². The van der Waals surface area contributed by atoms with Crippen LogP contribution in [0.15, 0.2) is 24.3 Å². The van der Waals surface area contributed by atoms with Crippen LogP contribution in [-0.2, 0) is 16.0 Å². The highest BCUT2D eigenvalue weighted by atomic mass is 16.4. The van der Waals surface area contributed by atoms with E-state index in [2.05, 4.69) is 5.32 Å². The average Bonchev–Trinajstić information content (AvgIpc) is 2.53. The summed E-state index contributed by atoms with van der Waals surface area (Å²) in [5, 5.41) is 28.2. The molecular weight excluding hydrogens is 332 g/mol. The first kappa shape index (κ1) is 22.1. The van der Waals surface area contributed by atoms with Crippen LogP contribution < -0.4 is 22.5 Å². The van der Waals surface area contributed by atoms with E-state index in [0.717, 1.165) is 5.56 Å². The molecule has 0 radical (unpaired) electrons. The number of primary amides is 1. The Hall–Kier alpha value is -2.85. The van der Waals surface area contributed by atoms with E-state index < -0.39 is 30.1 Å². The SMILES string of the molecule is NC(=O)NCCCC(N)C(=O)O.N[C@@H](Cc1ccc(O)cc1)C(=O)O. The molecule has 1 unspecified atom stereocenters. The van der Waals surface area contributed by atoms with Gasteiger partial charge in [-0.3, -0.25) is 9.59 Å². The van der Waals surface area contributed by atoms with Crippen molar-refractivity contribution in [3.05, 3.63) is 29.8 Å². The fourth-order valence-electron chi connectivity index (χ4n) is 1.63. The highest BCUT2D eigenvalue weighted by molar-refractivity contribution is 5.73. The Morgan fingerprint density at radius 2 is 1.52 bits per heavy atom. The van der Waals surface area contributed by atoms with Crippen molar-refractivity contribution >= 4 is 18.0 Å². The molecule has 0 aliphatic heterocycles. The standard InChI is InChI=1S/C9H11NO3.C6H13N3O3/c10-8(9(12)13)5-6-1-3-7(11)4-2-6;7-4(5(10)11)2-1-3-9-6(8)12/h1-4,8,11H,5,10H2,(H,12,13);4H,1-3,7H2,(H,10,11)(H3,8,9,12)/t8-;/m0./s1. The number of aromatic hydroxyl groups is 1. The number of nitrogens with two attached hydrogens (primary N) is 3. The molecule has 0 fully saturated rings. The number of benzene rings is 1. The van der Waals surface area contributed by atoms with E-state index in [4.69, 9.17) is 32.5 Å². The summed E-state index contributed by atoms with van der Waals surface area (Å²) < 4.78 is 0. The van der Waals surface area contributed by atoms with Crippen LogP contribution in [0.4, 0.5) is 4.79 Å². The van der Waals surface area contributed by atoms with Gasteiger partial charge in [0, 0.05) is 6.54 Å². The second-order valence-corrected chi connectivity index (χ2v) is 5.19. The molecule has 1 rings (SSSR count). The first-order valence-corrected chi connectivity index (χ1v) is 7.41. The van der Waals surface area contributed by atoms with E-state index in [1.165, 1.54) is 12.1 Å². The van der Waals surface area contributed by atoms with E-state index in [-0.39, 0.29) is 12.2 Å². The highest BCUT2D eigenvalue weighted by Gasteiger charge is 2.11. The lowest BCUT2D eigenvalue weighted by Gasteiger charge is -2.05. The smallest absolute Gasteiger partial charge is 0.320 e. The Morgan fingerprint density at radius 3 is 1.96 bits per heavy atom. The average molecular weight is 356 g/mol. The van der Waals surface area contributed by atoms with Crippen molar-refractivity contribution in [2.75, 3.05) is 6.54 Å². The minimum absolute atomic E-state index is 0.160. The number of phenolic OH excluding ortho intramolecular Hbond substituents is 1. The first-order valence-electron chi connectivity index (χ1n) is 7.41. The van der Waals surface area contributed by atoms with Gasteiger partial charge in [-0.05, 0) is 37.0 Å². The Kier molecular flexibility index (Phi) is 10.3. The molecule has 1 aromatic carbocycles. The van der Waals surface area contributed by atoms with Gasteiger partial charge in [-0.2, -0.15) is 0 Å². The lowest BCUT2D eigenvalue weighted by atomic mass is 10.1. The molecule has 10 N–H and O–H groups in total. The maximum Gasteiger partial charge on any atom is 0.320 e. The number of carboxylic acids is 2. The molecule has 10 nitrogen and oxygen atoms in total. The quantitative estimate of drug-likeness (QED) is 0.293. The van der Waals surface area contributed by atoms with E-state index in [9.17, 15) is 14.4 Å². The van der Waals surface area contributed by atoms with Crippen molar-refractivity contribution in [3.8, 4) is 5.75 Å². The van der Waals surface area contributed by atoms with Crippen molar-refractivity contribution in [1.29, 1.82) is 0 Å². The molecule has 0 spiro atoms. The summed E-state index contributed by atoms with van der Waals surface area (Å²) in [7, 11) is 0. The van der Waals surface area contributed by atoms with E-state index in [0.29, 0.717) is 19.4 Å². The number of carbonyl (C=O) groups excluding carboxylic acids is 1. The van der Waals surface area contributed by atoms with Crippen LogP contribution >= 0.6 is 0 Å². The van der Waals surface area contributed by atoms with E-state index in [1.807, 2.05) is 0 Å². The molecule has 0 bridgehead atoms. The summed E-state index contributed by atoms with van der Waals surface area (Å²) in [6.45, 7) is 0.357. The van der Waals surface area contributed by atoms with Gasteiger partial charge >= 0.3 is 18.0 Å². The van der Waals surface area contributed by atoms with Crippen molar-refractivity contribution in [2.45, 2.75) is 31.3 Å². The lowest BCUT2D eigenvalue weighted by Crippen LogP contribution is -2.33. The van der Waals surface area contributed by atoms with Gasteiger partial charge in [0.15, 0.2) is 0 Å². The molecule has 2 amide bonds. The van der Waals surface area contributed by atoms with Crippen LogP contribution in [0.5, 0.6) is 5.75 Å². The number of nitrogens with one attached hydrogen (secondary N) is 1. The molecule has 0 heterocycles. The molecule has 1 aromatic rings. The molecule has 140 valence electrons. The number of carboxylic acid groups (broad SMARTS) is 2. The molecule has 0 aromatic heterocycles. The summed E-state index contributed by atoms with van der Waals surface area (Å²) in [6.07, 6.45) is 1.11. The lowest BCUT2D eigenvalue weighted by molar-refractivity contribution is -0.139. The Labute approximate surface area is 144 Å². The molecule has 0 aliphatic rings. The number of hydrogen-bond donors (Lipinski definition) is 7. The molecule has 10 heteroatoms. The Balaban J connectivity index is 0.000000463. The monoisotopic (exact) mass is 356 g/mol. The zero-order chi connectivity index (χ0) is 19.4. The van der Waals surface area contributed by atoms with Gasteiger partial charge in [0.2, 0.25) is 0 Å². The first-order chi connectivity index (χ1) is 11.6. The van der Waals surface area contributed by atoms with Gasteiger partial charge in [-0.1, -0.05) is 12.1 Å².